The molecule has 0 radical (unpaired) electrons. The molecule has 0 aliphatic carbocycles. The lowest BCUT2D eigenvalue weighted by atomic mass is 10.0. The third-order valence-corrected chi connectivity index (χ3v) is 9.38. The minimum absolute atomic E-state index is 0.0348. The zero-order valence-electron chi connectivity index (χ0n) is 25.9. The molecular formula is C32H40N8O5S. The Morgan fingerprint density at radius 1 is 0.978 bits per heavy atom. The van der Waals surface area contributed by atoms with Gasteiger partial charge in [-0.1, -0.05) is 42.1 Å². The zero-order valence-corrected chi connectivity index (χ0v) is 26.7. The van der Waals surface area contributed by atoms with Gasteiger partial charge in [0.15, 0.2) is 5.96 Å². The van der Waals surface area contributed by atoms with Crippen molar-refractivity contribution in [2.75, 3.05) is 32.7 Å². The average molecular weight is 649 g/mol. The molecule has 2 atom stereocenters. The van der Waals surface area contributed by atoms with E-state index in [9.17, 15) is 24.5 Å². The summed E-state index contributed by atoms with van der Waals surface area (Å²) in [4.78, 5) is 62.9. The van der Waals surface area contributed by atoms with Crippen molar-refractivity contribution in [3.63, 3.8) is 0 Å². The predicted octanol–water partition coefficient (Wildman–Crippen LogP) is 3.18. The van der Waals surface area contributed by atoms with Crippen molar-refractivity contribution < 1.29 is 19.3 Å². The number of hydrogen-bond donors (Lipinski definition) is 4. The van der Waals surface area contributed by atoms with E-state index in [2.05, 4.69) is 25.4 Å². The third kappa shape index (κ3) is 7.97. The summed E-state index contributed by atoms with van der Waals surface area (Å²) in [5.74, 6) is -0.704. The number of aliphatic imine (C=N–C) groups is 1. The van der Waals surface area contributed by atoms with Crippen LogP contribution in [0.3, 0.4) is 0 Å². The molecule has 3 heterocycles. The molecular weight excluding hydrogens is 608 g/mol. The lowest BCUT2D eigenvalue weighted by Gasteiger charge is -2.29. The second kappa shape index (κ2) is 15.1. The Hall–Kier alpha value is -4.59. The number of aromatic nitrogens is 1. The van der Waals surface area contributed by atoms with Crippen LogP contribution in [0.1, 0.15) is 44.6 Å². The number of nitro groups is 1. The summed E-state index contributed by atoms with van der Waals surface area (Å²) >= 11 is 1.17. The van der Waals surface area contributed by atoms with Crippen molar-refractivity contribution in [1.29, 1.82) is 0 Å². The summed E-state index contributed by atoms with van der Waals surface area (Å²) in [5, 5.41) is 18.5. The summed E-state index contributed by atoms with van der Waals surface area (Å²) in [6.07, 6.45) is 4.77. The fourth-order valence-electron chi connectivity index (χ4n) is 6.01. The van der Waals surface area contributed by atoms with Gasteiger partial charge in [-0.15, -0.1) is 0 Å². The van der Waals surface area contributed by atoms with E-state index >= 15 is 0 Å². The molecule has 2 aliphatic heterocycles. The van der Waals surface area contributed by atoms with Gasteiger partial charge in [-0.05, 0) is 49.8 Å². The molecule has 46 heavy (non-hydrogen) atoms. The van der Waals surface area contributed by atoms with Crippen molar-refractivity contribution in [3.8, 4) is 0 Å². The zero-order chi connectivity index (χ0) is 32.6. The van der Waals surface area contributed by atoms with Crippen molar-refractivity contribution in [2.45, 2.75) is 67.5 Å². The van der Waals surface area contributed by atoms with E-state index in [0.717, 1.165) is 68.7 Å². The fraction of sp³-hybridized carbons (Fsp3) is 0.438. The standard InChI is InChI=1S/C32H40N8O5S/c1-21(41)35-25(14-15-34-32(38-16-6-7-17-38)39-18-8-9-19-39)30(43)36-26(29(33)42)20-23-22-10-2-3-11-24(22)37-31(23)46-28-13-5-4-12-27(28)40(44)45/h2-5,10-13,25-26,37H,6-9,14-20H2,1H3,(H2,33,42)(H,35,41)(H,36,43)/t25-,26-/m0/s1. The normalized spacial score (nSPS) is 15.8. The number of hydrogen-bond acceptors (Lipinski definition) is 7. The number of aromatic amines is 1. The quantitative estimate of drug-likeness (QED) is 0.100. The molecule has 244 valence electrons. The average Bonchev–Trinajstić information content (AvgIpc) is 3.81. The highest BCUT2D eigenvalue weighted by Crippen LogP contribution is 2.39. The Kier molecular flexibility index (Phi) is 10.8. The number of nitro benzene ring substituents is 1. The van der Waals surface area contributed by atoms with Gasteiger partial charge in [0.2, 0.25) is 17.7 Å². The molecule has 3 aromatic rings. The highest BCUT2D eigenvalue weighted by Gasteiger charge is 2.29. The number of H-pyrrole nitrogens is 1. The number of fused-ring (bicyclic) bond motifs is 1. The van der Waals surface area contributed by atoms with E-state index in [1.165, 1.54) is 24.8 Å². The summed E-state index contributed by atoms with van der Waals surface area (Å²) in [7, 11) is 0. The molecule has 5 rings (SSSR count). The summed E-state index contributed by atoms with van der Waals surface area (Å²) in [6.45, 7) is 5.48. The second-order valence-corrected chi connectivity index (χ2v) is 12.6. The van der Waals surface area contributed by atoms with Gasteiger partial charge in [0.1, 0.15) is 12.1 Å². The van der Waals surface area contributed by atoms with Gasteiger partial charge >= 0.3 is 0 Å². The van der Waals surface area contributed by atoms with Gasteiger partial charge < -0.3 is 31.2 Å². The van der Waals surface area contributed by atoms with Crippen molar-refractivity contribution in [2.24, 2.45) is 10.7 Å². The number of amides is 3. The van der Waals surface area contributed by atoms with E-state index in [1.807, 2.05) is 24.3 Å². The monoisotopic (exact) mass is 648 g/mol. The van der Waals surface area contributed by atoms with E-state index < -0.39 is 28.8 Å². The molecule has 3 amide bonds. The van der Waals surface area contributed by atoms with Crippen LogP contribution in [0.4, 0.5) is 5.69 Å². The molecule has 2 fully saturated rings. The topological polar surface area (TPSA) is 179 Å². The molecule has 0 saturated carbocycles. The summed E-state index contributed by atoms with van der Waals surface area (Å²) in [6, 6.07) is 11.8. The van der Waals surface area contributed by atoms with Crippen LogP contribution in [-0.2, 0) is 20.8 Å². The molecule has 0 unspecified atom stereocenters. The second-order valence-electron chi connectivity index (χ2n) is 11.6. The molecule has 13 nitrogen and oxygen atoms in total. The Morgan fingerprint density at radius 3 is 2.24 bits per heavy atom. The number of likely N-dealkylation sites (tertiary alicyclic amines) is 2. The first-order valence-corrected chi connectivity index (χ1v) is 16.4. The van der Waals surface area contributed by atoms with Crippen LogP contribution in [-0.4, -0.2) is 88.2 Å². The summed E-state index contributed by atoms with van der Waals surface area (Å²) in [5.41, 5.74) is 7.22. The van der Waals surface area contributed by atoms with Gasteiger partial charge in [0, 0.05) is 63.0 Å². The van der Waals surface area contributed by atoms with E-state index in [-0.39, 0.29) is 24.4 Å². The molecule has 14 heteroatoms. The smallest absolute Gasteiger partial charge is 0.283 e. The van der Waals surface area contributed by atoms with Gasteiger partial charge in [0.05, 0.1) is 14.8 Å². The third-order valence-electron chi connectivity index (χ3n) is 8.26. The van der Waals surface area contributed by atoms with Crippen molar-refractivity contribution in [3.05, 3.63) is 64.2 Å². The Morgan fingerprint density at radius 2 is 1.61 bits per heavy atom. The van der Waals surface area contributed by atoms with Crippen LogP contribution < -0.4 is 16.4 Å². The number of nitrogens with two attached hydrogens (primary N) is 1. The number of guanidine groups is 1. The minimum atomic E-state index is -1.11. The number of rotatable bonds is 12. The van der Waals surface area contributed by atoms with Crippen LogP contribution in [0.15, 0.2) is 63.4 Å². The Balaban J connectivity index is 1.35. The van der Waals surface area contributed by atoms with E-state index in [0.29, 0.717) is 22.0 Å². The molecule has 2 saturated heterocycles. The maximum atomic E-state index is 13.6. The van der Waals surface area contributed by atoms with Crippen LogP contribution >= 0.6 is 11.8 Å². The molecule has 0 spiro atoms. The van der Waals surface area contributed by atoms with Crippen LogP contribution in [0, 0.1) is 10.1 Å². The number of primary amides is 1. The number of benzene rings is 2. The highest BCUT2D eigenvalue weighted by atomic mass is 32.2. The number of nitrogens with one attached hydrogen (secondary N) is 3. The van der Waals surface area contributed by atoms with Gasteiger partial charge in [-0.2, -0.15) is 0 Å². The largest absolute Gasteiger partial charge is 0.368 e. The fourth-order valence-corrected chi connectivity index (χ4v) is 7.10. The minimum Gasteiger partial charge on any atom is -0.368 e. The van der Waals surface area contributed by atoms with Crippen LogP contribution in [0.5, 0.6) is 0 Å². The van der Waals surface area contributed by atoms with Crippen LogP contribution in [0.2, 0.25) is 0 Å². The summed E-state index contributed by atoms with van der Waals surface area (Å²) < 4.78 is 0. The number of nitrogens with zero attached hydrogens (tertiary/aromatic N) is 4. The first-order chi connectivity index (χ1) is 22.2. The van der Waals surface area contributed by atoms with Crippen molar-refractivity contribution >= 4 is 52.0 Å². The molecule has 1 aromatic heterocycles. The highest BCUT2D eigenvalue weighted by molar-refractivity contribution is 7.99. The maximum Gasteiger partial charge on any atom is 0.283 e. The first kappa shape index (κ1) is 32.8. The van der Waals surface area contributed by atoms with Gasteiger partial charge in [-0.3, -0.25) is 29.5 Å². The maximum absolute atomic E-state index is 13.6. The molecule has 5 N–H and O–H groups in total. The lowest BCUT2D eigenvalue weighted by molar-refractivity contribution is -0.387. The molecule has 2 aromatic carbocycles. The predicted molar refractivity (Wildman–Crippen MR) is 176 cm³/mol. The van der Waals surface area contributed by atoms with Gasteiger partial charge in [-0.25, -0.2) is 0 Å². The number of carbonyl (C=O) groups is 3. The van der Waals surface area contributed by atoms with Crippen molar-refractivity contribution in [1.82, 2.24) is 25.4 Å². The van der Waals surface area contributed by atoms with E-state index in [1.54, 1.807) is 18.2 Å². The molecule has 0 bridgehead atoms. The number of carbonyl (C=O) groups excluding carboxylic acids is 3. The van der Waals surface area contributed by atoms with E-state index in [4.69, 9.17) is 10.7 Å². The lowest BCUT2D eigenvalue weighted by Crippen LogP contribution is -2.53. The SMILES string of the molecule is CC(=O)N[C@@H](CCN=C(N1CCCC1)N1CCCC1)C(=O)N[C@@H](Cc1c(Sc2ccccc2[N+](=O)[O-])[nH]c2ccccc12)C(N)=O. The Bertz CT molecular complexity index is 1590. The first-order valence-electron chi connectivity index (χ1n) is 15.6. The van der Waals surface area contributed by atoms with Gasteiger partial charge in [0.25, 0.3) is 5.69 Å². The Labute approximate surface area is 271 Å². The molecule has 2 aliphatic rings. The van der Waals surface area contributed by atoms with Crippen LogP contribution in [0.25, 0.3) is 10.9 Å². The number of para-hydroxylation sites is 2.